The standard InChI is InChI=1S/C30H35N3O14/c1-13(29(40)31-20-21(35)23(37)28-27(22(20)36)43-12-44-28)9-16-5-8-19(18(34)10-16)46-30-25(39)24(38)26(47-30)14(2)32-45-11-15-3-6-17(7-4-15)33(41)42/h3-10,20-28,30,34-39H,11-12H2,1-2H3,(H,31,40)/b13-9-,32-14-/t20-,21+,22-,23-,24+,25+,26?,27+,28-,30-/m1/s1. The number of hydrogen-bond acceptors (Lipinski definition) is 15. The van der Waals surface area contributed by atoms with Crippen molar-refractivity contribution in [3.8, 4) is 11.5 Å². The van der Waals surface area contributed by atoms with Gasteiger partial charge in [-0.25, -0.2) is 0 Å². The minimum Gasteiger partial charge on any atom is -0.504 e. The van der Waals surface area contributed by atoms with Gasteiger partial charge in [-0.05, 0) is 55.3 Å². The number of nitrogens with zero attached hydrogens (tertiary/aromatic N) is 2. The second kappa shape index (κ2) is 14.3. The molecule has 2 heterocycles. The van der Waals surface area contributed by atoms with Gasteiger partial charge in [0.25, 0.3) is 5.69 Å². The van der Waals surface area contributed by atoms with E-state index in [4.69, 9.17) is 23.8 Å². The number of ether oxygens (including phenoxy) is 4. The Hall–Kier alpha value is -4.20. The molecule has 47 heavy (non-hydrogen) atoms. The molecule has 2 aliphatic heterocycles. The number of aliphatic hydroxyl groups excluding tert-OH is 5. The maximum atomic E-state index is 12.9. The van der Waals surface area contributed by atoms with Gasteiger partial charge < -0.3 is 59.7 Å². The van der Waals surface area contributed by atoms with Gasteiger partial charge in [0.15, 0.2) is 11.5 Å². The molecule has 3 fully saturated rings. The highest BCUT2D eigenvalue weighted by atomic mass is 16.7. The molecule has 5 rings (SSSR count). The third-order valence-corrected chi connectivity index (χ3v) is 8.09. The van der Waals surface area contributed by atoms with Gasteiger partial charge in [0.05, 0.1) is 16.7 Å². The first kappa shape index (κ1) is 34.1. The molecule has 0 bridgehead atoms. The predicted octanol–water partition coefficient (Wildman–Crippen LogP) is -0.556. The number of oxime groups is 1. The van der Waals surface area contributed by atoms with Crippen molar-refractivity contribution in [1.82, 2.24) is 5.32 Å². The fourth-order valence-electron chi connectivity index (χ4n) is 5.45. The first-order valence-corrected chi connectivity index (χ1v) is 14.5. The minimum absolute atomic E-state index is 0.0185. The molecule has 1 aliphatic carbocycles. The third-order valence-electron chi connectivity index (χ3n) is 8.09. The van der Waals surface area contributed by atoms with Crippen LogP contribution in [0.15, 0.2) is 53.2 Å². The number of non-ortho nitro benzene ring substituents is 1. The smallest absolute Gasteiger partial charge is 0.269 e. The number of amides is 1. The van der Waals surface area contributed by atoms with E-state index in [1.165, 1.54) is 62.4 Å². The molecule has 2 aromatic rings. The van der Waals surface area contributed by atoms with E-state index in [1.807, 2.05) is 0 Å². The summed E-state index contributed by atoms with van der Waals surface area (Å²) in [6, 6.07) is 8.58. The maximum Gasteiger partial charge on any atom is 0.269 e. The van der Waals surface area contributed by atoms with Crippen molar-refractivity contribution >= 4 is 23.4 Å². The number of nitro benzene ring substituents is 1. The van der Waals surface area contributed by atoms with E-state index in [0.29, 0.717) is 11.1 Å². The first-order valence-electron chi connectivity index (χ1n) is 14.5. The number of carbonyl (C=O) groups is 1. The molecular weight excluding hydrogens is 626 g/mol. The molecule has 0 radical (unpaired) electrons. The van der Waals surface area contributed by atoms with Crippen LogP contribution in [0, 0.1) is 10.1 Å². The van der Waals surface area contributed by atoms with Crippen molar-refractivity contribution in [2.75, 3.05) is 6.79 Å². The van der Waals surface area contributed by atoms with Crippen LogP contribution >= 0.6 is 0 Å². The Balaban J connectivity index is 1.17. The summed E-state index contributed by atoms with van der Waals surface area (Å²) in [5, 5.41) is 80.2. The van der Waals surface area contributed by atoms with Crippen LogP contribution in [0.25, 0.3) is 6.08 Å². The molecule has 1 amide bonds. The summed E-state index contributed by atoms with van der Waals surface area (Å²) < 4.78 is 21.7. The zero-order valence-electron chi connectivity index (χ0n) is 25.2. The van der Waals surface area contributed by atoms with E-state index in [2.05, 4.69) is 10.5 Å². The maximum absolute atomic E-state index is 12.9. The van der Waals surface area contributed by atoms with Crippen molar-refractivity contribution in [2.45, 2.75) is 81.6 Å². The van der Waals surface area contributed by atoms with E-state index in [9.17, 15) is 45.5 Å². The summed E-state index contributed by atoms with van der Waals surface area (Å²) in [5.74, 6) is -1.13. The van der Waals surface area contributed by atoms with E-state index < -0.39 is 72.0 Å². The van der Waals surface area contributed by atoms with Gasteiger partial charge >= 0.3 is 0 Å². The highest BCUT2D eigenvalue weighted by Gasteiger charge is 2.53. The summed E-state index contributed by atoms with van der Waals surface area (Å²) in [6.07, 6.45) is -10.1. The summed E-state index contributed by atoms with van der Waals surface area (Å²) in [5.41, 5.74) is 1.23. The van der Waals surface area contributed by atoms with E-state index >= 15 is 0 Å². The molecule has 2 aromatic carbocycles. The first-order chi connectivity index (χ1) is 22.3. The number of phenols is 1. The fraction of sp³-hybridized carbons (Fsp3) is 0.467. The average molecular weight is 662 g/mol. The molecule has 7 N–H and O–H groups in total. The van der Waals surface area contributed by atoms with Gasteiger partial charge in [0.2, 0.25) is 12.2 Å². The van der Waals surface area contributed by atoms with Gasteiger partial charge in [-0.15, -0.1) is 0 Å². The van der Waals surface area contributed by atoms with Crippen LogP contribution in [0.3, 0.4) is 0 Å². The molecule has 10 atom stereocenters. The Morgan fingerprint density at radius 3 is 2.34 bits per heavy atom. The van der Waals surface area contributed by atoms with Gasteiger partial charge in [-0.1, -0.05) is 11.2 Å². The Kier molecular flexibility index (Phi) is 10.4. The molecule has 3 aliphatic rings. The van der Waals surface area contributed by atoms with E-state index in [1.54, 1.807) is 0 Å². The Labute approximate surface area is 267 Å². The largest absolute Gasteiger partial charge is 0.504 e. The Morgan fingerprint density at radius 1 is 1.00 bits per heavy atom. The number of aromatic hydroxyl groups is 1. The van der Waals surface area contributed by atoms with Gasteiger partial charge in [-0.2, -0.15) is 0 Å². The molecule has 17 nitrogen and oxygen atoms in total. The average Bonchev–Trinajstić information content (AvgIpc) is 3.65. The number of hydrogen-bond donors (Lipinski definition) is 7. The molecule has 0 spiro atoms. The molecular formula is C30H35N3O14. The number of carbonyl (C=O) groups excluding carboxylic acids is 1. The van der Waals surface area contributed by atoms with Crippen LogP contribution in [0.1, 0.15) is 25.0 Å². The van der Waals surface area contributed by atoms with Gasteiger partial charge in [0.1, 0.15) is 62.2 Å². The van der Waals surface area contributed by atoms with Crippen LogP contribution < -0.4 is 10.1 Å². The molecule has 1 saturated carbocycles. The number of rotatable bonds is 10. The lowest BCUT2D eigenvalue weighted by Crippen LogP contribution is -2.67. The number of phenolic OH excluding ortho intramolecular Hbond substituents is 1. The molecule has 254 valence electrons. The van der Waals surface area contributed by atoms with Crippen LogP contribution in [-0.4, -0.2) is 115 Å². The van der Waals surface area contributed by atoms with Gasteiger partial charge in [-0.3, -0.25) is 14.9 Å². The predicted molar refractivity (Wildman–Crippen MR) is 159 cm³/mol. The summed E-state index contributed by atoms with van der Waals surface area (Å²) in [7, 11) is 0. The van der Waals surface area contributed by atoms with Crippen LogP contribution in [0.2, 0.25) is 0 Å². The van der Waals surface area contributed by atoms with Crippen molar-refractivity contribution < 1.29 is 64.1 Å². The SMILES string of the molecule is C/C(=C/c1ccc(O[C@@H]2OC(/C(C)=N\OCc3ccc([N+](=O)[O-])cc3)[C@@H](O)[C@@H]2O)c(O)c1)C(=O)N[C@@H]1[C@H](O)[C@@H](O)[C@H]2OCO[C@H]2[C@@H]1O. The van der Waals surface area contributed by atoms with Crippen LogP contribution in [-0.2, 0) is 30.4 Å². The normalized spacial score (nSPS) is 32.5. The van der Waals surface area contributed by atoms with E-state index in [0.717, 1.165) is 0 Å². The summed E-state index contributed by atoms with van der Waals surface area (Å²) in [6.45, 7) is 2.79. The minimum atomic E-state index is -1.52. The highest BCUT2D eigenvalue weighted by Crippen LogP contribution is 2.33. The zero-order chi connectivity index (χ0) is 34.0. The zero-order valence-corrected chi connectivity index (χ0v) is 25.2. The lowest BCUT2D eigenvalue weighted by molar-refractivity contribution is -0.384. The van der Waals surface area contributed by atoms with E-state index in [-0.39, 0.29) is 41.9 Å². The Bertz CT molecular complexity index is 1520. The number of nitrogens with one attached hydrogen (secondary N) is 1. The molecule has 17 heteroatoms. The third kappa shape index (κ3) is 7.37. The molecule has 0 aromatic heterocycles. The molecule has 1 unspecified atom stereocenters. The van der Waals surface area contributed by atoms with Crippen LogP contribution in [0.4, 0.5) is 5.69 Å². The fourth-order valence-corrected chi connectivity index (χ4v) is 5.45. The number of aliphatic hydroxyl groups is 5. The van der Waals surface area contributed by atoms with Crippen LogP contribution in [0.5, 0.6) is 11.5 Å². The van der Waals surface area contributed by atoms with Crippen molar-refractivity contribution in [3.05, 3.63) is 69.3 Å². The monoisotopic (exact) mass is 661 g/mol. The Morgan fingerprint density at radius 2 is 1.68 bits per heavy atom. The van der Waals surface area contributed by atoms with Crippen molar-refractivity contribution in [3.63, 3.8) is 0 Å². The second-order valence-corrected chi connectivity index (χ2v) is 11.4. The summed E-state index contributed by atoms with van der Waals surface area (Å²) >= 11 is 0. The number of benzene rings is 2. The second-order valence-electron chi connectivity index (χ2n) is 11.4. The highest BCUT2D eigenvalue weighted by molar-refractivity contribution is 5.97. The van der Waals surface area contributed by atoms with Crippen molar-refractivity contribution in [1.29, 1.82) is 0 Å². The number of nitro groups is 1. The lowest BCUT2D eigenvalue weighted by Gasteiger charge is -2.41. The van der Waals surface area contributed by atoms with Crippen molar-refractivity contribution in [2.24, 2.45) is 5.16 Å². The quantitative estimate of drug-likeness (QED) is 0.0730. The summed E-state index contributed by atoms with van der Waals surface area (Å²) in [4.78, 5) is 28.4. The topological polar surface area (TPSA) is 252 Å². The number of fused-ring (bicyclic) bond motifs is 1. The lowest BCUT2D eigenvalue weighted by atomic mass is 9.83. The van der Waals surface area contributed by atoms with Gasteiger partial charge in [0, 0.05) is 17.7 Å². The molecule has 2 saturated heterocycles.